The summed E-state index contributed by atoms with van der Waals surface area (Å²) in [7, 11) is 0. The predicted octanol–water partition coefficient (Wildman–Crippen LogP) is 3.70. The Bertz CT molecular complexity index is 663. The Morgan fingerprint density at radius 3 is 2.82 bits per heavy atom. The average molecular weight is 312 g/mol. The van der Waals surface area contributed by atoms with E-state index in [0.29, 0.717) is 12.6 Å². The molecule has 1 atom stereocenters. The van der Waals surface area contributed by atoms with Crippen LogP contribution in [0.25, 0.3) is 0 Å². The first kappa shape index (κ1) is 14.0. The van der Waals surface area contributed by atoms with Crippen LogP contribution in [-0.2, 0) is 11.2 Å². The van der Waals surface area contributed by atoms with E-state index in [9.17, 15) is 4.79 Å². The van der Waals surface area contributed by atoms with Crippen molar-refractivity contribution in [2.24, 2.45) is 5.92 Å². The van der Waals surface area contributed by atoms with Crippen molar-refractivity contribution in [1.29, 1.82) is 0 Å². The van der Waals surface area contributed by atoms with Crippen molar-refractivity contribution in [3.8, 4) is 0 Å². The van der Waals surface area contributed by atoms with Gasteiger partial charge in [-0.3, -0.25) is 9.69 Å². The zero-order valence-electron chi connectivity index (χ0n) is 12.5. The molecule has 114 valence electrons. The highest BCUT2D eigenvalue weighted by Crippen LogP contribution is 2.48. The summed E-state index contributed by atoms with van der Waals surface area (Å²) in [4.78, 5) is 16.3. The van der Waals surface area contributed by atoms with Crippen molar-refractivity contribution < 1.29 is 4.79 Å². The number of fused-ring (bicyclic) bond motifs is 1. The Hall–Kier alpha value is -1.65. The molecule has 1 fully saturated rings. The topological polar surface area (TPSA) is 32.3 Å². The van der Waals surface area contributed by atoms with Gasteiger partial charge in [-0.15, -0.1) is 11.3 Å². The van der Waals surface area contributed by atoms with E-state index in [1.807, 2.05) is 41.7 Å². The fourth-order valence-corrected chi connectivity index (χ4v) is 4.36. The standard InChI is InChI=1S/C18H20N2OS/c21-17(19-14-4-2-1-3-5-14)12-20-10-8-16-15(9-11-22-16)18(20)13-6-7-13/h1-5,9,11,13,18H,6-8,10,12H2,(H,19,21)/t18-/m1/s1. The molecule has 4 rings (SSSR count). The van der Waals surface area contributed by atoms with Crippen LogP contribution in [0.4, 0.5) is 5.69 Å². The molecule has 0 spiro atoms. The first-order valence-corrected chi connectivity index (χ1v) is 8.84. The summed E-state index contributed by atoms with van der Waals surface area (Å²) >= 11 is 1.87. The lowest BCUT2D eigenvalue weighted by atomic mass is 9.96. The third-order valence-electron chi connectivity index (χ3n) is 4.59. The average Bonchev–Trinajstić information content (AvgIpc) is 3.24. The molecule has 22 heavy (non-hydrogen) atoms. The number of amides is 1. The van der Waals surface area contributed by atoms with Crippen molar-refractivity contribution in [3.05, 3.63) is 52.2 Å². The fraction of sp³-hybridized carbons (Fsp3) is 0.389. The number of anilines is 1. The number of nitrogens with zero attached hydrogens (tertiary/aromatic N) is 1. The number of para-hydroxylation sites is 1. The number of carbonyl (C=O) groups excluding carboxylic acids is 1. The molecule has 0 bridgehead atoms. The van der Waals surface area contributed by atoms with Crippen molar-refractivity contribution >= 4 is 22.9 Å². The molecule has 2 aromatic rings. The molecular weight excluding hydrogens is 292 g/mol. The Kier molecular flexibility index (Phi) is 3.72. The lowest BCUT2D eigenvalue weighted by Gasteiger charge is -2.35. The molecule has 2 heterocycles. The van der Waals surface area contributed by atoms with Crippen molar-refractivity contribution in [1.82, 2.24) is 4.90 Å². The molecule has 3 nitrogen and oxygen atoms in total. The molecule has 1 aromatic carbocycles. The Morgan fingerprint density at radius 2 is 2.05 bits per heavy atom. The molecule has 1 N–H and O–H groups in total. The number of rotatable bonds is 4. The third-order valence-corrected chi connectivity index (χ3v) is 5.59. The molecule has 0 radical (unpaired) electrons. The van der Waals surface area contributed by atoms with E-state index in [1.165, 1.54) is 23.3 Å². The van der Waals surface area contributed by atoms with E-state index < -0.39 is 0 Å². The number of nitrogens with one attached hydrogen (secondary N) is 1. The SMILES string of the molecule is O=C(CN1CCc2sccc2[C@H]1C1CC1)Nc1ccccc1. The number of carbonyl (C=O) groups is 1. The Balaban J connectivity index is 1.47. The summed E-state index contributed by atoms with van der Waals surface area (Å²) in [6.45, 7) is 1.49. The van der Waals surface area contributed by atoms with Crippen molar-refractivity contribution in [2.75, 3.05) is 18.4 Å². The van der Waals surface area contributed by atoms with Crippen LogP contribution in [0.2, 0.25) is 0 Å². The van der Waals surface area contributed by atoms with Gasteiger partial charge in [-0.1, -0.05) is 18.2 Å². The number of thiophene rings is 1. The summed E-state index contributed by atoms with van der Waals surface area (Å²) in [6, 6.07) is 12.4. The first-order valence-electron chi connectivity index (χ1n) is 7.96. The normalized spacial score (nSPS) is 21.4. The molecule has 0 saturated heterocycles. The van der Waals surface area contributed by atoms with Crippen LogP contribution in [0.15, 0.2) is 41.8 Å². The van der Waals surface area contributed by atoms with Gasteiger partial charge in [0.2, 0.25) is 5.91 Å². The van der Waals surface area contributed by atoms with E-state index in [-0.39, 0.29) is 5.91 Å². The lowest BCUT2D eigenvalue weighted by molar-refractivity contribution is -0.118. The van der Waals surface area contributed by atoms with Gasteiger partial charge in [0.25, 0.3) is 0 Å². The lowest BCUT2D eigenvalue weighted by Crippen LogP contribution is -2.41. The second kappa shape index (κ2) is 5.86. The maximum atomic E-state index is 12.4. The van der Waals surface area contributed by atoms with E-state index in [0.717, 1.165) is 24.6 Å². The quantitative estimate of drug-likeness (QED) is 0.933. The van der Waals surface area contributed by atoms with Gasteiger partial charge in [-0.05, 0) is 54.3 Å². The second-order valence-corrected chi connectivity index (χ2v) is 7.22. The van der Waals surface area contributed by atoms with Gasteiger partial charge >= 0.3 is 0 Å². The van der Waals surface area contributed by atoms with Gasteiger partial charge in [0, 0.05) is 23.2 Å². The molecule has 1 aliphatic heterocycles. The monoisotopic (exact) mass is 312 g/mol. The third kappa shape index (κ3) is 2.81. The second-order valence-electron chi connectivity index (χ2n) is 6.22. The van der Waals surface area contributed by atoms with Crippen molar-refractivity contribution in [2.45, 2.75) is 25.3 Å². The largest absolute Gasteiger partial charge is 0.325 e. The molecule has 1 aromatic heterocycles. The van der Waals surface area contributed by atoms with E-state index in [2.05, 4.69) is 21.7 Å². The van der Waals surface area contributed by atoms with Crippen LogP contribution < -0.4 is 5.32 Å². The number of hydrogen-bond donors (Lipinski definition) is 1. The summed E-state index contributed by atoms with van der Waals surface area (Å²) < 4.78 is 0. The molecule has 4 heteroatoms. The molecule has 2 aliphatic rings. The zero-order chi connectivity index (χ0) is 14.9. The summed E-state index contributed by atoms with van der Waals surface area (Å²) in [6.07, 6.45) is 3.68. The van der Waals surface area contributed by atoms with E-state index in [4.69, 9.17) is 0 Å². The highest BCUT2D eigenvalue weighted by Gasteiger charge is 2.40. The van der Waals surface area contributed by atoms with Crippen LogP contribution in [-0.4, -0.2) is 23.9 Å². The molecule has 1 amide bonds. The van der Waals surface area contributed by atoms with Gasteiger partial charge in [0.1, 0.15) is 0 Å². The minimum Gasteiger partial charge on any atom is -0.325 e. The maximum Gasteiger partial charge on any atom is 0.238 e. The van der Waals surface area contributed by atoms with Crippen LogP contribution >= 0.6 is 11.3 Å². The van der Waals surface area contributed by atoms with Crippen LogP contribution in [0.5, 0.6) is 0 Å². The minimum atomic E-state index is 0.0931. The highest BCUT2D eigenvalue weighted by molar-refractivity contribution is 7.10. The van der Waals surface area contributed by atoms with Crippen LogP contribution in [0, 0.1) is 5.92 Å². The molecule has 1 aliphatic carbocycles. The predicted molar refractivity (Wildman–Crippen MR) is 90.1 cm³/mol. The zero-order valence-corrected chi connectivity index (χ0v) is 13.3. The number of benzene rings is 1. The smallest absolute Gasteiger partial charge is 0.238 e. The maximum absolute atomic E-state index is 12.4. The minimum absolute atomic E-state index is 0.0931. The summed E-state index contributed by atoms with van der Waals surface area (Å²) in [5, 5.41) is 5.21. The Morgan fingerprint density at radius 1 is 1.23 bits per heavy atom. The van der Waals surface area contributed by atoms with E-state index >= 15 is 0 Å². The van der Waals surface area contributed by atoms with Gasteiger partial charge in [-0.25, -0.2) is 0 Å². The molecular formula is C18H20N2OS. The highest BCUT2D eigenvalue weighted by atomic mass is 32.1. The van der Waals surface area contributed by atoms with Crippen LogP contribution in [0.3, 0.4) is 0 Å². The van der Waals surface area contributed by atoms with Gasteiger partial charge in [0.05, 0.1) is 6.54 Å². The van der Waals surface area contributed by atoms with Gasteiger partial charge in [0.15, 0.2) is 0 Å². The Labute approximate surface area is 135 Å². The van der Waals surface area contributed by atoms with Gasteiger partial charge < -0.3 is 5.32 Å². The van der Waals surface area contributed by atoms with Crippen molar-refractivity contribution in [3.63, 3.8) is 0 Å². The summed E-state index contributed by atoms with van der Waals surface area (Å²) in [5.74, 6) is 0.841. The fourth-order valence-electron chi connectivity index (χ4n) is 3.45. The molecule has 1 saturated carbocycles. The molecule has 0 unspecified atom stereocenters. The van der Waals surface area contributed by atoms with Crippen LogP contribution in [0.1, 0.15) is 29.3 Å². The summed E-state index contributed by atoms with van der Waals surface area (Å²) in [5.41, 5.74) is 2.36. The van der Waals surface area contributed by atoms with Gasteiger partial charge in [-0.2, -0.15) is 0 Å². The van der Waals surface area contributed by atoms with E-state index in [1.54, 1.807) is 0 Å². The first-order chi connectivity index (χ1) is 10.8. The number of hydrogen-bond acceptors (Lipinski definition) is 3.